The maximum atomic E-state index is 14.1. The molecule has 2 amide bonds. The molecule has 0 unspecified atom stereocenters. The van der Waals surface area contributed by atoms with Crippen LogP contribution in [0.15, 0.2) is 103 Å². The number of rotatable bonds is 7. The molecule has 6 heteroatoms. The third kappa shape index (κ3) is 5.08. The van der Waals surface area contributed by atoms with Crippen LogP contribution in [0, 0.1) is 5.92 Å². The first kappa shape index (κ1) is 24.5. The molecular formula is C30H25NO5. The first-order valence-corrected chi connectivity index (χ1v) is 11.6. The van der Waals surface area contributed by atoms with E-state index in [-0.39, 0.29) is 16.8 Å². The molecule has 0 aliphatic carbocycles. The smallest absolute Gasteiger partial charge is 0.421 e. The summed E-state index contributed by atoms with van der Waals surface area (Å²) in [4.78, 5) is 55.5. The van der Waals surface area contributed by atoms with E-state index in [1.54, 1.807) is 74.5 Å². The van der Waals surface area contributed by atoms with Crippen molar-refractivity contribution in [2.75, 3.05) is 4.90 Å². The van der Waals surface area contributed by atoms with Gasteiger partial charge in [0, 0.05) is 16.5 Å². The van der Waals surface area contributed by atoms with E-state index >= 15 is 0 Å². The molecule has 4 rings (SSSR count). The fraction of sp³-hybridized carbons (Fsp3) is 0.133. The van der Waals surface area contributed by atoms with Crippen molar-refractivity contribution in [2.24, 2.45) is 5.92 Å². The zero-order valence-electron chi connectivity index (χ0n) is 20.0. The first-order valence-electron chi connectivity index (χ1n) is 11.6. The van der Waals surface area contributed by atoms with Crippen LogP contribution in [0.1, 0.15) is 34.6 Å². The minimum atomic E-state index is -1.78. The molecule has 0 fully saturated rings. The van der Waals surface area contributed by atoms with Crippen LogP contribution in [-0.4, -0.2) is 29.7 Å². The summed E-state index contributed by atoms with van der Waals surface area (Å²) in [5.74, 6) is -4.15. The van der Waals surface area contributed by atoms with Crippen molar-refractivity contribution in [2.45, 2.75) is 20.0 Å². The molecule has 0 heterocycles. The molecule has 0 spiro atoms. The van der Waals surface area contributed by atoms with Gasteiger partial charge in [0.1, 0.15) is 0 Å². The third-order valence-corrected chi connectivity index (χ3v) is 5.63. The Hall–Kier alpha value is -4.58. The minimum absolute atomic E-state index is 0.190. The number of Topliss-reactive ketones (excluding diaryl/α,β-unsaturated/α-hetero) is 2. The highest BCUT2D eigenvalue weighted by atomic mass is 16.6. The summed E-state index contributed by atoms with van der Waals surface area (Å²) in [6, 6.07) is 28.6. The lowest BCUT2D eigenvalue weighted by molar-refractivity contribution is -0.119. The van der Waals surface area contributed by atoms with E-state index in [0.29, 0.717) is 5.39 Å². The van der Waals surface area contributed by atoms with Crippen LogP contribution in [0.3, 0.4) is 0 Å². The molecule has 6 nitrogen and oxygen atoms in total. The van der Waals surface area contributed by atoms with Crippen LogP contribution >= 0.6 is 0 Å². The van der Waals surface area contributed by atoms with Crippen LogP contribution in [0.5, 0.6) is 0 Å². The zero-order valence-corrected chi connectivity index (χ0v) is 20.0. The topological polar surface area (TPSA) is 80.8 Å². The van der Waals surface area contributed by atoms with Gasteiger partial charge in [-0.05, 0) is 25.3 Å². The molecule has 180 valence electrons. The molecule has 36 heavy (non-hydrogen) atoms. The number of ketones is 2. The van der Waals surface area contributed by atoms with Crippen LogP contribution in [0.4, 0.5) is 10.5 Å². The van der Waals surface area contributed by atoms with E-state index in [0.717, 1.165) is 10.3 Å². The summed E-state index contributed by atoms with van der Waals surface area (Å²) >= 11 is 0. The average Bonchev–Trinajstić information content (AvgIpc) is 2.89. The Bertz CT molecular complexity index is 1360. The number of hydrogen-bond acceptors (Lipinski definition) is 5. The molecule has 0 atom stereocenters. The van der Waals surface area contributed by atoms with Gasteiger partial charge >= 0.3 is 6.09 Å². The van der Waals surface area contributed by atoms with Gasteiger partial charge < -0.3 is 4.74 Å². The van der Waals surface area contributed by atoms with Gasteiger partial charge in [0.15, 0.2) is 17.5 Å². The maximum Gasteiger partial charge on any atom is 0.421 e. The normalized spacial score (nSPS) is 10.9. The molecule has 0 N–H and O–H groups in total. The summed E-state index contributed by atoms with van der Waals surface area (Å²) in [6.45, 7) is 3.32. The Kier molecular flexibility index (Phi) is 7.35. The van der Waals surface area contributed by atoms with Gasteiger partial charge in [-0.3, -0.25) is 14.4 Å². The van der Waals surface area contributed by atoms with E-state index in [9.17, 15) is 19.2 Å². The number of carbonyl (C=O) groups is 4. The van der Waals surface area contributed by atoms with E-state index in [1.165, 1.54) is 24.3 Å². The fourth-order valence-electron chi connectivity index (χ4n) is 3.98. The molecule has 0 aromatic heterocycles. The van der Waals surface area contributed by atoms with Crippen molar-refractivity contribution < 1.29 is 23.9 Å². The number of anilines is 1. The zero-order chi connectivity index (χ0) is 25.7. The second kappa shape index (κ2) is 10.8. The van der Waals surface area contributed by atoms with Gasteiger partial charge in [-0.15, -0.1) is 0 Å². The summed E-state index contributed by atoms with van der Waals surface area (Å²) in [5.41, 5.74) is 0.612. The quantitative estimate of drug-likeness (QED) is 0.236. The number of amides is 2. The Morgan fingerprint density at radius 3 is 1.69 bits per heavy atom. The molecule has 0 saturated carbocycles. The van der Waals surface area contributed by atoms with E-state index in [1.807, 2.05) is 18.2 Å². The van der Waals surface area contributed by atoms with Crippen molar-refractivity contribution in [3.63, 3.8) is 0 Å². The van der Waals surface area contributed by atoms with Crippen molar-refractivity contribution in [1.29, 1.82) is 0 Å². The van der Waals surface area contributed by atoms with Crippen LogP contribution in [-0.2, 0) is 9.53 Å². The summed E-state index contributed by atoms with van der Waals surface area (Å²) < 4.78 is 5.40. The number of nitrogens with zero attached hydrogens (tertiary/aromatic N) is 1. The van der Waals surface area contributed by atoms with Crippen molar-refractivity contribution in [3.8, 4) is 0 Å². The number of fused-ring (bicyclic) bond motifs is 1. The summed E-state index contributed by atoms with van der Waals surface area (Å²) in [6.07, 6.45) is -1.49. The lowest BCUT2D eigenvalue weighted by Crippen LogP contribution is -2.47. The van der Waals surface area contributed by atoms with Crippen LogP contribution in [0.2, 0.25) is 0 Å². The van der Waals surface area contributed by atoms with Crippen LogP contribution in [0.25, 0.3) is 10.8 Å². The maximum absolute atomic E-state index is 14.1. The standard InChI is InChI=1S/C30H25NO5/c1-20(2)36-30(35)31(25-19-11-17-21-12-9-10-18-24(21)25)29(34)26(27(32)22-13-5-3-6-14-22)28(33)23-15-7-4-8-16-23/h3-20,26H,1-2H3. The lowest BCUT2D eigenvalue weighted by atomic mass is 9.88. The fourth-order valence-corrected chi connectivity index (χ4v) is 3.98. The molecule has 0 aliphatic rings. The SMILES string of the molecule is CC(C)OC(=O)N(C(=O)C(C(=O)c1ccccc1)C(=O)c1ccccc1)c1cccc2ccccc12. The predicted octanol–water partition coefficient (Wildman–Crippen LogP) is 6.10. The number of imide groups is 1. The second-order valence-electron chi connectivity index (χ2n) is 8.50. The minimum Gasteiger partial charge on any atom is -0.446 e. The van der Waals surface area contributed by atoms with Gasteiger partial charge in [0.25, 0.3) is 5.91 Å². The lowest BCUT2D eigenvalue weighted by Gasteiger charge is -2.26. The van der Waals surface area contributed by atoms with Gasteiger partial charge in [-0.2, -0.15) is 0 Å². The van der Waals surface area contributed by atoms with Crippen LogP contribution < -0.4 is 4.90 Å². The number of ether oxygens (including phenoxy) is 1. The highest BCUT2D eigenvalue weighted by Gasteiger charge is 2.42. The summed E-state index contributed by atoms with van der Waals surface area (Å²) in [5, 5.41) is 1.39. The molecule has 4 aromatic rings. The Morgan fingerprint density at radius 1 is 0.639 bits per heavy atom. The monoisotopic (exact) mass is 479 g/mol. The third-order valence-electron chi connectivity index (χ3n) is 5.63. The molecule has 0 radical (unpaired) electrons. The second-order valence-corrected chi connectivity index (χ2v) is 8.50. The average molecular weight is 480 g/mol. The highest BCUT2D eigenvalue weighted by Crippen LogP contribution is 2.30. The Labute approximate surface area is 209 Å². The highest BCUT2D eigenvalue weighted by molar-refractivity contribution is 6.34. The molecule has 0 saturated heterocycles. The van der Waals surface area contributed by atoms with Crippen molar-refractivity contribution in [1.82, 2.24) is 0 Å². The largest absolute Gasteiger partial charge is 0.446 e. The number of carbonyl (C=O) groups excluding carboxylic acids is 4. The van der Waals surface area contributed by atoms with E-state index < -0.39 is 35.6 Å². The van der Waals surface area contributed by atoms with Gasteiger partial charge in [-0.25, -0.2) is 9.69 Å². The molecular weight excluding hydrogens is 454 g/mol. The van der Waals surface area contributed by atoms with Crippen molar-refractivity contribution >= 4 is 40.0 Å². The Morgan fingerprint density at radius 2 is 1.14 bits per heavy atom. The van der Waals surface area contributed by atoms with E-state index in [4.69, 9.17) is 4.74 Å². The van der Waals surface area contributed by atoms with Gasteiger partial charge in [0.2, 0.25) is 0 Å². The van der Waals surface area contributed by atoms with Gasteiger partial charge in [-0.1, -0.05) is 97.1 Å². The first-order chi connectivity index (χ1) is 17.4. The Balaban J connectivity index is 1.88. The molecule has 0 aliphatic heterocycles. The van der Waals surface area contributed by atoms with E-state index in [2.05, 4.69) is 0 Å². The predicted molar refractivity (Wildman–Crippen MR) is 138 cm³/mol. The summed E-state index contributed by atoms with van der Waals surface area (Å²) in [7, 11) is 0. The van der Waals surface area contributed by atoms with Crippen molar-refractivity contribution in [3.05, 3.63) is 114 Å². The molecule has 4 aromatic carbocycles. The van der Waals surface area contributed by atoms with Gasteiger partial charge in [0.05, 0.1) is 11.8 Å². The molecule has 0 bridgehead atoms. The number of hydrogen-bond donors (Lipinski definition) is 0. The number of benzene rings is 4.